The molecule has 0 aliphatic heterocycles. The second-order valence-corrected chi connectivity index (χ2v) is 8.49. The molecule has 3 rings (SSSR count). The van der Waals surface area contributed by atoms with Crippen LogP contribution in [0.1, 0.15) is 38.5 Å². The molecular weight excluding hydrogens is 270 g/mol. The van der Waals surface area contributed by atoms with Crippen LogP contribution in [-0.4, -0.2) is 26.1 Å². The Hall–Kier alpha value is 0.200. The topological polar surface area (TPSA) is 46.2 Å². The summed E-state index contributed by atoms with van der Waals surface area (Å²) >= 11 is 5.57. The number of nitrogens with one attached hydrogen (secondary N) is 1. The highest BCUT2D eigenvalue weighted by molar-refractivity contribution is 7.89. The van der Waals surface area contributed by atoms with E-state index in [9.17, 15) is 8.42 Å². The highest BCUT2D eigenvalue weighted by Gasteiger charge is 2.54. The van der Waals surface area contributed by atoms with Crippen molar-refractivity contribution in [2.75, 3.05) is 11.6 Å². The van der Waals surface area contributed by atoms with Gasteiger partial charge in [-0.15, -0.1) is 11.6 Å². The fraction of sp³-hybridized carbons (Fsp3) is 1.00. The number of alkyl halides is 1. The van der Waals surface area contributed by atoms with Crippen molar-refractivity contribution in [2.45, 2.75) is 44.6 Å². The minimum atomic E-state index is -3.11. The SMILES string of the molecule is O=S(=O)(CCCCl)NC1CC2CC1C1CCCC21. The lowest BCUT2D eigenvalue weighted by atomic mass is 9.79. The Morgan fingerprint density at radius 3 is 2.67 bits per heavy atom. The number of halogens is 1. The van der Waals surface area contributed by atoms with Gasteiger partial charge in [0.1, 0.15) is 0 Å². The van der Waals surface area contributed by atoms with Gasteiger partial charge in [0.2, 0.25) is 10.0 Å². The standard InChI is InChI=1S/C13H22ClNO2S/c14-5-2-6-18(16,17)15-13-8-9-7-12(13)11-4-1-3-10(9)11/h9-13,15H,1-8H2. The van der Waals surface area contributed by atoms with Crippen LogP contribution in [0.3, 0.4) is 0 Å². The maximum Gasteiger partial charge on any atom is 0.211 e. The van der Waals surface area contributed by atoms with Crippen molar-refractivity contribution >= 4 is 21.6 Å². The molecule has 0 aromatic rings. The molecule has 5 atom stereocenters. The van der Waals surface area contributed by atoms with Gasteiger partial charge in [-0.2, -0.15) is 0 Å². The molecule has 1 N–H and O–H groups in total. The Balaban J connectivity index is 1.62. The Labute approximate surface area is 115 Å². The number of rotatable bonds is 5. The van der Waals surface area contributed by atoms with E-state index in [0.29, 0.717) is 18.2 Å². The van der Waals surface area contributed by atoms with E-state index in [-0.39, 0.29) is 11.8 Å². The molecule has 0 aromatic heterocycles. The zero-order valence-electron chi connectivity index (χ0n) is 10.6. The van der Waals surface area contributed by atoms with Gasteiger partial charge in [0.25, 0.3) is 0 Å². The molecule has 104 valence electrons. The summed E-state index contributed by atoms with van der Waals surface area (Å²) in [7, 11) is -3.11. The van der Waals surface area contributed by atoms with Crippen molar-refractivity contribution in [3.8, 4) is 0 Å². The third-order valence-electron chi connectivity index (χ3n) is 5.31. The van der Waals surface area contributed by atoms with Crippen LogP contribution in [0.2, 0.25) is 0 Å². The van der Waals surface area contributed by atoms with Gasteiger partial charge < -0.3 is 0 Å². The van der Waals surface area contributed by atoms with Crippen LogP contribution >= 0.6 is 11.6 Å². The summed E-state index contributed by atoms with van der Waals surface area (Å²) in [6, 6.07) is 0.217. The van der Waals surface area contributed by atoms with Gasteiger partial charge in [-0.1, -0.05) is 6.42 Å². The van der Waals surface area contributed by atoms with Gasteiger partial charge in [-0.3, -0.25) is 0 Å². The van der Waals surface area contributed by atoms with Crippen molar-refractivity contribution in [1.82, 2.24) is 4.72 Å². The fourth-order valence-corrected chi connectivity index (χ4v) is 6.40. The maximum absolute atomic E-state index is 11.9. The molecule has 5 heteroatoms. The number of fused-ring (bicyclic) bond motifs is 5. The molecule has 0 radical (unpaired) electrons. The highest BCUT2D eigenvalue weighted by Crippen LogP contribution is 2.58. The van der Waals surface area contributed by atoms with Gasteiger partial charge >= 0.3 is 0 Å². The van der Waals surface area contributed by atoms with Crippen LogP contribution in [0.4, 0.5) is 0 Å². The first-order valence-corrected chi connectivity index (χ1v) is 9.35. The third-order valence-corrected chi connectivity index (χ3v) is 7.06. The summed E-state index contributed by atoms with van der Waals surface area (Å²) in [4.78, 5) is 0. The number of sulfonamides is 1. The predicted octanol–water partition coefficient (Wildman–Crippen LogP) is 2.36. The van der Waals surface area contributed by atoms with Crippen molar-refractivity contribution in [1.29, 1.82) is 0 Å². The average molecular weight is 292 g/mol. The third kappa shape index (κ3) is 2.32. The van der Waals surface area contributed by atoms with Gasteiger partial charge in [0, 0.05) is 11.9 Å². The molecule has 2 bridgehead atoms. The first-order chi connectivity index (χ1) is 8.61. The Bertz CT molecular complexity index is 411. The van der Waals surface area contributed by atoms with Crippen LogP contribution in [0.15, 0.2) is 0 Å². The summed E-state index contributed by atoms with van der Waals surface area (Å²) in [5, 5.41) is 0. The second kappa shape index (κ2) is 4.95. The quantitative estimate of drug-likeness (QED) is 0.791. The molecule has 3 aliphatic rings. The minimum absolute atomic E-state index is 0.179. The lowest BCUT2D eigenvalue weighted by molar-refractivity contribution is 0.224. The largest absolute Gasteiger partial charge is 0.212 e. The molecule has 3 fully saturated rings. The van der Waals surface area contributed by atoms with Gasteiger partial charge in [-0.25, -0.2) is 13.1 Å². The summed E-state index contributed by atoms with van der Waals surface area (Å²) in [5.74, 6) is 3.74. The van der Waals surface area contributed by atoms with E-state index in [1.807, 2.05) is 0 Å². The zero-order chi connectivity index (χ0) is 12.8. The molecule has 5 unspecified atom stereocenters. The highest BCUT2D eigenvalue weighted by atomic mass is 35.5. The summed E-state index contributed by atoms with van der Waals surface area (Å²) < 4.78 is 26.8. The lowest BCUT2D eigenvalue weighted by Gasteiger charge is -2.31. The Morgan fingerprint density at radius 2 is 1.89 bits per heavy atom. The zero-order valence-corrected chi connectivity index (χ0v) is 12.2. The summed E-state index contributed by atoms with van der Waals surface area (Å²) in [6.45, 7) is 0. The van der Waals surface area contributed by atoms with Crippen molar-refractivity contribution in [3.63, 3.8) is 0 Å². The van der Waals surface area contributed by atoms with Crippen LogP contribution in [-0.2, 0) is 10.0 Å². The van der Waals surface area contributed by atoms with E-state index in [1.165, 1.54) is 25.7 Å². The second-order valence-electron chi connectivity index (χ2n) is 6.24. The van der Waals surface area contributed by atoms with Crippen LogP contribution in [0, 0.1) is 23.7 Å². The lowest BCUT2D eigenvalue weighted by Crippen LogP contribution is -2.43. The minimum Gasteiger partial charge on any atom is -0.212 e. The number of hydrogen-bond acceptors (Lipinski definition) is 2. The predicted molar refractivity (Wildman–Crippen MR) is 73.1 cm³/mol. The maximum atomic E-state index is 11.9. The summed E-state index contributed by atoms with van der Waals surface area (Å²) in [6.07, 6.45) is 6.95. The van der Waals surface area contributed by atoms with Crippen LogP contribution < -0.4 is 4.72 Å². The molecule has 0 aromatic carbocycles. The number of hydrogen-bond donors (Lipinski definition) is 1. The average Bonchev–Trinajstić information content (AvgIpc) is 2.96. The van der Waals surface area contributed by atoms with E-state index in [2.05, 4.69) is 4.72 Å². The van der Waals surface area contributed by atoms with E-state index in [1.54, 1.807) is 0 Å². The van der Waals surface area contributed by atoms with Crippen molar-refractivity contribution in [2.24, 2.45) is 23.7 Å². The fourth-order valence-electron chi connectivity index (χ4n) is 4.74. The van der Waals surface area contributed by atoms with Crippen LogP contribution in [0.25, 0.3) is 0 Å². The van der Waals surface area contributed by atoms with E-state index < -0.39 is 10.0 Å². The molecule has 0 amide bonds. The van der Waals surface area contributed by atoms with E-state index >= 15 is 0 Å². The monoisotopic (exact) mass is 291 g/mol. The van der Waals surface area contributed by atoms with Crippen LogP contribution in [0.5, 0.6) is 0 Å². The molecule has 3 nitrogen and oxygen atoms in total. The molecule has 3 aliphatic carbocycles. The Kier molecular flexibility index (Phi) is 3.63. The first kappa shape index (κ1) is 13.2. The smallest absolute Gasteiger partial charge is 0.211 e. The van der Waals surface area contributed by atoms with Gasteiger partial charge in [0.15, 0.2) is 0 Å². The van der Waals surface area contributed by atoms with Gasteiger partial charge in [-0.05, 0) is 55.8 Å². The van der Waals surface area contributed by atoms with Gasteiger partial charge in [0.05, 0.1) is 5.75 Å². The van der Waals surface area contributed by atoms with E-state index in [4.69, 9.17) is 11.6 Å². The Morgan fingerprint density at radius 1 is 1.11 bits per heavy atom. The molecule has 3 saturated carbocycles. The molecule has 18 heavy (non-hydrogen) atoms. The molecule has 0 spiro atoms. The molecule has 0 saturated heterocycles. The van der Waals surface area contributed by atoms with Crippen molar-refractivity contribution in [3.05, 3.63) is 0 Å². The normalized spacial score (nSPS) is 42.4. The molecule has 0 heterocycles. The summed E-state index contributed by atoms with van der Waals surface area (Å²) in [5.41, 5.74) is 0. The molecular formula is C13H22ClNO2S. The van der Waals surface area contributed by atoms with Crippen molar-refractivity contribution < 1.29 is 8.42 Å². The first-order valence-electron chi connectivity index (χ1n) is 7.16. The van der Waals surface area contributed by atoms with E-state index in [0.717, 1.165) is 24.2 Å².